The van der Waals surface area contributed by atoms with Crippen molar-refractivity contribution in [3.8, 4) is 0 Å². The van der Waals surface area contributed by atoms with Crippen LogP contribution in [0.3, 0.4) is 0 Å². The zero-order chi connectivity index (χ0) is 15.4. The van der Waals surface area contributed by atoms with Gasteiger partial charge in [-0.15, -0.1) is 0 Å². The van der Waals surface area contributed by atoms with Crippen molar-refractivity contribution in [3.63, 3.8) is 0 Å². The van der Waals surface area contributed by atoms with Gasteiger partial charge in [0, 0.05) is 45.3 Å². The molecule has 0 aliphatic carbocycles. The van der Waals surface area contributed by atoms with Gasteiger partial charge < -0.3 is 9.32 Å². The maximum atomic E-state index is 12.2. The Bertz CT molecular complexity index is 597. The predicted molar refractivity (Wildman–Crippen MR) is 82.1 cm³/mol. The standard InChI is InChI=1S/C16H22N4O2/c1-14-4-6-20(17-14)7-5-16(21)19-10-8-18(9-11-19)13-15-3-2-12-22-15/h2-4,6,12H,5,7-11,13H2,1H3. The molecule has 0 aromatic carbocycles. The second-order valence-electron chi connectivity index (χ2n) is 5.71. The molecule has 0 bridgehead atoms. The van der Waals surface area contributed by atoms with E-state index < -0.39 is 0 Å². The molecule has 118 valence electrons. The van der Waals surface area contributed by atoms with Crippen LogP contribution < -0.4 is 0 Å². The van der Waals surface area contributed by atoms with E-state index >= 15 is 0 Å². The van der Waals surface area contributed by atoms with Gasteiger partial charge in [-0.3, -0.25) is 14.4 Å². The van der Waals surface area contributed by atoms with Crippen LogP contribution in [-0.4, -0.2) is 51.7 Å². The lowest BCUT2D eigenvalue weighted by molar-refractivity contribution is -0.133. The molecule has 0 N–H and O–H groups in total. The molecule has 1 amide bonds. The minimum Gasteiger partial charge on any atom is -0.468 e. The first-order valence-electron chi connectivity index (χ1n) is 7.73. The Morgan fingerprint density at radius 3 is 2.73 bits per heavy atom. The number of aryl methyl sites for hydroxylation is 2. The molecule has 3 heterocycles. The van der Waals surface area contributed by atoms with Crippen LogP contribution in [0.2, 0.25) is 0 Å². The van der Waals surface area contributed by atoms with Crippen LogP contribution >= 0.6 is 0 Å². The molecule has 0 spiro atoms. The van der Waals surface area contributed by atoms with Crippen LogP contribution in [0.5, 0.6) is 0 Å². The van der Waals surface area contributed by atoms with Crippen LogP contribution in [0.25, 0.3) is 0 Å². The predicted octanol–water partition coefficient (Wildman–Crippen LogP) is 1.52. The number of furan rings is 1. The first-order valence-corrected chi connectivity index (χ1v) is 7.73. The van der Waals surface area contributed by atoms with Crippen LogP contribution in [0.1, 0.15) is 17.9 Å². The monoisotopic (exact) mass is 302 g/mol. The number of nitrogens with zero attached hydrogens (tertiary/aromatic N) is 4. The van der Waals surface area contributed by atoms with Gasteiger partial charge in [0.05, 0.1) is 18.5 Å². The highest BCUT2D eigenvalue weighted by molar-refractivity contribution is 5.76. The zero-order valence-electron chi connectivity index (χ0n) is 12.9. The molecule has 1 fully saturated rings. The molecular formula is C16H22N4O2. The summed E-state index contributed by atoms with van der Waals surface area (Å²) in [6.07, 6.45) is 4.13. The van der Waals surface area contributed by atoms with Crippen molar-refractivity contribution in [2.75, 3.05) is 26.2 Å². The molecule has 2 aromatic rings. The van der Waals surface area contributed by atoms with Crippen molar-refractivity contribution < 1.29 is 9.21 Å². The second kappa shape index (κ2) is 6.79. The lowest BCUT2D eigenvalue weighted by Crippen LogP contribution is -2.48. The summed E-state index contributed by atoms with van der Waals surface area (Å²) in [5, 5.41) is 4.31. The molecule has 3 rings (SSSR count). The van der Waals surface area contributed by atoms with Gasteiger partial charge in [0.1, 0.15) is 5.76 Å². The van der Waals surface area contributed by atoms with Crippen LogP contribution in [0.15, 0.2) is 35.1 Å². The van der Waals surface area contributed by atoms with Gasteiger partial charge >= 0.3 is 0 Å². The number of carbonyl (C=O) groups is 1. The summed E-state index contributed by atoms with van der Waals surface area (Å²) in [6, 6.07) is 5.85. The van der Waals surface area contributed by atoms with E-state index in [0.717, 1.165) is 44.2 Å². The Balaban J connectivity index is 1.41. The van der Waals surface area contributed by atoms with Crippen molar-refractivity contribution >= 4 is 5.91 Å². The molecule has 6 nitrogen and oxygen atoms in total. The first-order chi connectivity index (χ1) is 10.7. The number of rotatable bonds is 5. The van der Waals surface area contributed by atoms with Gasteiger partial charge in [-0.05, 0) is 25.1 Å². The summed E-state index contributed by atoms with van der Waals surface area (Å²) in [7, 11) is 0. The third-order valence-electron chi connectivity index (χ3n) is 4.01. The van der Waals surface area contributed by atoms with Gasteiger partial charge in [0.25, 0.3) is 0 Å². The van der Waals surface area contributed by atoms with Crippen LogP contribution in [0.4, 0.5) is 0 Å². The molecule has 0 radical (unpaired) electrons. The number of piperazine rings is 1. The summed E-state index contributed by atoms with van der Waals surface area (Å²) >= 11 is 0. The van der Waals surface area contributed by atoms with Gasteiger partial charge in [0.2, 0.25) is 5.91 Å². The summed E-state index contributed by atoms with van der Waals surface area (Å²) in [4.78, 5) is 16.5. The molecule has 6 heteroatoms. The number of amides is 1. The van der Waals surface area contributed by atoms with E-state index in [4.69, 9.17) is 4.42 Å². The first kappa shape index (κ1) is 14.8. The molecular weight excluding hydrogens is 280 g/mol. The van der Waals surface area contributed by atoms with Gasteiger partial charge in [-0.2, -0.15) is 5.10 Å². The minimum atomic E-state index is 0.214. The molecule has 1 saturated heterocycles. The number of aromatic nitrogens is 2. The highest BCUT2D eigenvalue weighted by atomic mass is 16.3. The topological polar surface area (TPSA) is 54.5 Å². The van der Waals surface area contributed by atoms with Crippen molar-refractivity contribution in [2.45, 2.75) is 26.4 Å². The maximum Gasteiger partial charge on any atom is 0.224 e. The third-order valence-corrected chi connectivity index (χ3v) is 4.01. The Morgan fingerprint density at radius 2 is 2.09 bits per heavy atom. The van der Waals surface area contributed by atoms with Crippen LogP contribution in [-0.2, 0) is 17.9 Å². The molecule has 0 unspecified atom stereocenters. The van der Waals surface area contributed by atoms with E-state index in [9.17, 15) is 4.79 Å². The van der Waals surface area contributed by atoms with Gasteiger partial charge in [-0.1, -0.05) is 0 Å². The molecule has 0 atom stereocenters. The zero-order valence-corrected chi connectivity index (χ0v) is 12.9. The normalized spacial score (nSPS) is 16.1. The summed E-state index contributed by atoms with van der Waals surface area (Å²) < 4.78 is 7.20. The summed E-state index contributed by atoms with van der Waals surface area (Å²) in [5.74, 6) is 1.19. The third kappa shape index (κ3) is 3.76. The van der Waals surface area contributed by atoms with Crippen molar-refractivity contribution in [1.82, 2.24) is 19.6 Å². The van der Waals surface area contributed by atoms with Crippen molar-refractivity contribution in [3.05, 3.63) is 42.1 Å². The number of hydrogen-bond acceptors (Lipinski definition) is 4. The van der Waals surface area contributed by atoms with E-state index in [1.165, 1.54) is 0 Å². The highest BCUT2D eigenvalue weighted by Gasteiger charge is 2.21. The molecule has 0 saturated carbocycles. The van der Waals surface area contributed by atoms with Crippen molar-refractivity contribution in [1.29, 1.82) is 0 Å². The fourth-order valence-corrected chi connectivity index (χ4v) is 2.73. The largest absolute Gasteiger partial charge is 0.468 e. The fraction of sp³-hybridized carbons (Fsp3) is 0.500. The quantitative estimate of drug-likeness (QED) is 0.840. The highest BCUT2D eigenvalue weighted by Crippen LogP contribution is 2.10. The summed E-state index contributed by atoms with van der Waals surface area (Å²) in [5.41, 5.74) is 0.985. The van der Waals surface area contributed by atoms with Crippen molar-refractivity contribution in [2.24, 2.45) is 0 Å². The van der Waals surface area contributed by atoms with Gasteiger partial charge in [0.15, 0.2) is 0 Å². The summed E-state index contributed by atoms with van der Waals surface area (Å²) in [6.45, 7) is 6.80. The second-order valence-corrected chi connectivity index (χ2v) is 5.71. The van der Waals surface area contributed by atoms with Gasteiger partial charge in [-0.25, -0.2) is 0 Å². The molecule has 1 aliphatic rings. The smallest absolute Gasteiger partial charge is 0.224 e. The van der Waals surface area contributed by atoms with E-state index in [-0.39, 0.29) is 5.91 Å². The number of hydrogen-bond donors (Lipinski definition) is 0. The van der Waals surface area contributed by atoms with E-state index in [0.29, 0.717) is 13.0 Å². The van der Waals surface area contributed by atoms with Crippen LogP contribution in [0, 0.1) is 6.92 Å². The minimum absolute atomic E-state index is 0.214. The van der Waals surface area contributed by atoms with E-state index in [1.807, 2.05) is 40.9 Å². The number of carbonyl (C=O) groups excluding carboxylic acids is 1. The van der Waals surface area contributed by atoms with E-state index in [2.05, 4.69) is 10.00 Å². The van der Waals surface area contributed by atoms with E-state index in [1.54, 1.807) is 6.26 Å². The average molecular weight is 302 g/mol. The Kier molecular flexibility index (Phi) is 4.58. The Hall–Kier alpha value is -2.08. The fourth-order valence-electron chi connectivity index (χ4n) is 2.73. The molecule has 1 aliphatic heterocycles. The Morgan fingerprint density at radius 1 is 1.27 bits per heavy atom. The SMILES string of the molecule is Cc1ccn(CCC(=O)N2CCN(Cc3ccco3)CC2)n1. The lowest BCUT2D eigenvalue weighted by Gasteiger charge is -2.34. The average Bonchev–Trinajstić information content (AvgIpc) is 3.17. The molecule has 22 heavy (non-hydrogen) atoms. The Labute approximate surface area is 130 Å². The maximum absolute atomic E-state index is 12.2. The lowest BCUT2D eigenvalue weighted by atomic mass is 10.2. The molecule has 2 aromatic heterocycles.